The van der Waals surface area contributed by atoms with E-state index < -0.39 is 0 Å². The fraction of sp³-hybridized carbons (Fsp3) is 0.583. The van der Waals surface area contributed by atoms with Crippen molar-refractivity contribution in [3.8, 4) is 0 Å². The van der Waals surface area contributed by atoms with E-state index in [-0.39, 0.29) is 0 Å². The molecule has 1 aliphatic rings. The minimum atomic E-state index is 0.710. The molecule has 2 rings (SSSR count). The molecular formula is C12H19N3. The molecule has 3 nitrogen and oxygen atoms in total. The molecule has 1 aliphatic carbocycles. The summed E-state index contributed by atoms with van der Waals surface area (Å²) < 4.78 is 0. The van der Waals surface area contributed by atoms with Gasteiger partial charge < -0.3 is 10.2 Å². The Labute approximate surface area is 91.5 Å². The zero-order chi connectivity index (χ0) is 10.7. The SMILES string of the molecule is CNCc1ccnc(N(C)C2CCC2)c1. The molecule has 0 aliphatic heterocycles. The van der Waals surface area contributed by atoms with Gasteiger partial charge in [-0.25, -0.2) is 4.98 Å². The topological polar surface area (TPSA) is 28.2 Å². The Morgan fingerprint density at radius 3 is 2.93 bits per heavy atom. The average molecular weight is 205 g/mol. The number of hydrogen-bond donors (Lipinski definition) is 1. The van der Waals surface area contributed by atoms with E-state index in [2.05, 4.69) is 34.4 Å². The van der Waals surface area contributed by atoms with E-state index >= 15 is 0 Å². The van der Waals surface area contributed by atoms with Gasteiger partial charge in [0.1, 0.15) is 5.82 Å². The summed E-state index contributed by atoms with van der Waals surface area (Å²) in [7, 11) is 4.12. The van der Waals surface area contributed by atoms with Crippen molar-refractivity contribution >= 4 is 5.82 Å². The molecule has 0 bridgehead atoms. The van der Waals surface area contributed by atoms with E-state index in [1.165, 1.54) is 24.8 Å². The summed E-state index contributed by atoms with van der Waals surface area (Å²) in [5.74, 6) is 1.10. The molecule has 0 amide bonds. The van der Waals surface area contributed by atoms with E-state index in [0.717, 1.165) is 12.4 Å². The van der Waals surface area contributed by atoms with Crippen molar-refractivity contribution in [2.24, 2.45) is 0 Å². The van der Waals surface area contributed by atoms with Gasteiger partial charge >= 0.3 is 0 Å². The number of nitrogens with one attached hydrogen (secondary N) is 1. The van der Waals surface area contributed by atoms with Crippen LogP contribution in [0.4, 0.5) is 5.82 Å². The van der Waals surface area contributed by atoms with Crippen molar-refractivity contribution in [3.63, 3.8) is 0 Å². The van der Waals surface area contributed by atoms with Crippen molar-refractivity contribution in [2.45, 2.75) is 31.8 Å². The lowest BCUT2D eigenvalue weighted by molar-refractivity contribution is 0.399. The lowest BCUT2D eigenvalue weighted by Gasteiger charge is -2.35. The first kappa shape index (κ1) is 10.4. The maximum atomic E-state index is 4.42. The highest BCUT2D eigenvalue weighted by Crippen LogP contribution is 2.27. The first-order valence-electron chi connectivity index (χ1n) is 5.63. The molecule has 0 unspecified atom stereocenters. The van der Waals surface area contributed by atoms with Crippen LogP contribution in [-0.4, -0.2) is 25.1 Å². The summed E-state index contributed by atoms with van der Waals surface area (Å²) in [5, 5.41) is 3.16. The maximum Gasteiger partial charge on any atom is 0.128 e. The third-order valence-corrected chi connectivity index (χ3v) is 3.17. The summed E-state index contributed by atoms with van der Waals surface area (Å²) in [6, 6.07) is 4.95. The van der Waals surface area contributed by atoms with Gasteiger partial charge in [0.25, 0.3) is 0 Å². The number of rotatable bonds is 4. The molecule has 3 heteroatoms. The van der Waals surface area contributed by atoms with Crippen LogP contribution in [-0.2, 0) is 6.54 Å². The number of anilines is 1. The van der Waals surface area contributed by atoms with Gasteiger partial charge in [-0.2, -0.15) is 0 Å². The molecule has 0 spiro atoms. The number of pyridine rings is 1. The predicted octanol–water partition coefficient (Wildman–Crippen LogP) is 1.79. The monoisotopic (exact) mass is 205 g/mol. The van der Waals surface area contributed by atoms with Gasteiger partial charge in [-0.05, 0) is 44.0 Å². The second kappa shape index (κ2) is 4.62. The second-order valence-electron chi connectivity index (χ2n) is 4.25. The molecule has 1 aromatic heterocycles. The number of aromatic nitrogens is 1. The Bertz CT molecular complexity index is 320. The predicted molar refractivity (Wildman–Crippen MR) is 63.0 cm³/mol. The van der Waals surface area contributed by atoms with Crippen molar-refractivity contribution < 1.29 is 0 Å². The minimum Gasteiger partial charge on any atom is -0.357 e. The van der Waals surface area contributed by atoms with Gasteiger partial charge in [0.2, 0.25) is 0 Å². The molecule has 0 aromatic carbocycles. The molecular weight excluding hydrogens is 186 g/mol. The molecule has 0 radical (unpaired) electrons. The minimum absolute atomic E-state index is 0.710. The number of nitrogens with zero attached hydrogens (tertiary/aromatic N) is 2. The van der Waals surface area contributed by atoms with E-state index in [0.29, 0.717) is 6.04 Å². The number of hydrogen-bond acceptors (Lipinski definition) is 3. The summed E-state index contributed by atoms with van der Waals surface area (Å²) in [6.45, 7) is 0.911. The van der Waals surface area contributed by atoms with Gasteiger partial charge in [0.15, 0.2) is 0 Å². The van der Waals surface area contributed by atoms with Gasteiger partial charge in [-0.3, -0.25) is 0 Å². The lowest BCUT2D eigenvalue weighted by Crippen LogP contribution is -2.37. The van der Waals surface area contributed by atoms with Crippen molar-refractivity contribution in [3.05, 3.63) is 23.9 Å². The zero-order valence-electron chi connectivity index (χ0n) is 9.53. The molecule has 82 valence electrons. The quantitative estimate of drug-likeness (QED) is 0.812. The third kappa shape index (κ3) is 2.29. The second-order valence-corrected chi connectivity index (χ2v) is 4.25. The van der Waals surface area contributed by atoms with Gasteiger partial charge in [-0.1, -0.05) is 0 Å². The van der Waals surface area contributed by atoms with Crippen LogP contribution in [0.1, 0.15) is 24.8 Å². The first-order chi connectivity index (χ1) is 7.31. The smallest absolute Gasteiger partial charge is 0.128 e. The van der Waals surface area contributed by atoms with Crippen molar-refractivity contribution in [1.29, 1.82) is 0 Å². The lowest BCUT2D eigenvalue weighted by atomic mass is 9.92. The normalized spacial score (nSPS) is 16.1. The van der Waals surface area contributed by atoms with Crippen molar-refractivity contribution in [2.75, 3.05) is 19.0 Å². The van der Waals surface area contributed by atoms with E-state index in [1.54, 1.807) is 0 Å². The van der Waals surface area contributed by atoms with Crippen LogP contribution in [0, 0.1) is 0 Å². The van der Waals surface area contributed by atoms with Gasteiger partial charge in [0, 0.05) is 25.8 Å². The Morgan fingerprint density at radius 1 is 1.53 bits per heavy atom. The highest BCUT2D eigenvalue weighted by molar-refractivity contribution is 5.41. The summed E-state index contributed by atoms with van der Waals surface area (Å²) in [5.41, 5.74) is 1.30. The first-order valence-corrected chi connectivity index (χ1v) is 5.63. The van der Waals surface area contributed by atoms with Crippen molar-refractivity contribution in [1.82, 2.24) is 10.3 Å². The van der Waals surface area contributed by atoms with Gasteiger partial charge in [0.05, 0.1) is 0 Å². The van der Waals surface area contributed by atoms with E-state index in [4.69, 9.17) is 0 Å². The Hall–Kier alpha value is -1.09. The maximum absolute atomic E-state index is 4.42. The summed E-state index contributed by atoms with van der Waals surface area (Å²) in [6.07, 6.45) is 5.89. The molecule has 0 atom stereocenters. The van der Waals surface area contributed by atoms with E-state index in [9.17, 15) is 0 Å². The summed E-state index contributed by atoms with van der Waals surface area (Å²) >= 11 is 0. The third-order valence-electron chi connectivity index (χ3n) is 3.17. The Kier molecular flexibility index (Phi) is 3.21. The fourth-order valence-corrected chi connectivity index (χ4v) is 1.93. The molecule has 1 aromatic rings. The molecule has 1 heterocycles. The zero-order valence-corrected chi connectivity index (χ0v) is 9.53. The molecule has 1 saturated carbocycles. The molecule has 1 N–H and O–H groups in total. The van der Waals surface area contributed by atoms with Crippen LogP contribution in [0.2, 0.25) is 0 Å². The molecule has 0 saturated heterocycles. The van der Waals surface area contributed by atoms with E-state index in [1.807, 2.05) is 13.2 Å². The summed E-state index contributed by atoms with van der Waals surface area (Å²) in [4.78, 5) is 6.73. The van der Waals surface area contributed by atoms with Crippen LogP contribution >= 0.6 is 0 Å². The van der Waals surface area contributed by atoms with Crippen LogP contribution in [0.5, 0.6) is 0 Å². The average Bonchev–Trinajstić information content (AvgIpc) is 2.16. The van der Waals surface area contributed by atoms with Crippen LogP contribution in [0.25, 0.3) is 0 Å². The van der Waals surface area contributed by atoms with Crippen LogP contribution < -0.4 is 10.2 Å². The Balaban J connectivity index is 2.09. The molecule has 1 fully saturated rings. The van der Waals surface area contributed by atoms with Crippen LogP contribution in [0.3, 0.4) is 0 Å². The molecule has 15 heavy (non-hydrogen) atoms. The largest absolute Gasteiger partial charge is 0.357 e. The Morgan fingerprint density at radius 2 is 2.33 bits per heavy atom. The highest BCUT2D eigenvalue weighted by Gasteiger charge is 2.22. The standard InChI is InChI=1S/C12H19N3/c1-13-9-10-6-7-14-12(8-10)15(2)11-4-3-5-11/h6-8,11,13H,3-5,9H2,1-2H3. The fourth-order valence-electron chi connectivity index (χ4n) is 1.93. The highest BCUT2D eigenvalue weighted by atomic mass is 15.2. The van der Waals surface area contributed by atoms with Crippen LogP contribution in [0.15, 0.2) is 18.3 Å². The van der Waals surface area contributed by atoms with Gasteiger partial charge in [-0.15, -0.1) is 0 Å².